The van der Waals surface area contributed by atoms with Crippen LogP contribution in [0.15, 0.2) is 30.6 Å². The first-order chi connectivity index (χ1) is 11.2. The molecule has 0 unspecified atom stereocenters. The van der Waals surface area contributed by atoms with Crippen molar-refractivity contribution < 1.29 is 9.53 Å². The van der Waals surface area contributed by atoms with E-state index in [4.69, 9.17) is 4.74 Å². The molecule has 2 aromatic rings. The molecule has 1 aromatic carbocycles. The molecule has 23 heavy (non-hydrogen) atoms. The SMILES string of the molecule is Cc1ccc([C@H]2OCCC[C@H]2CNC(=O)Cn2cnnn2)cc1. The summed E-state index contributed by atoms with van der Waals surface area (Å²) < 4.78 is 7.37. The zero-order valence-corrected chi connectivity index (χ0v) is 13.2. The van der Waals surface area contributed by atoms with Crippen molar-refractivity contribution in [2.45, 2.75) is 32.4 Å². The monoisotopic (exact) mass is 315 g/mol. The Morgan fingerprint density at radius 1 is 1.39 bits per heavy atom. The molecule has 7 heteroatoms. The molecule has 0 aliphatic carbocycles. The quantitative estimate of drug-likeness (QED) is 0.898. The van der Waals surface area contributed by atoms with Crippen molar-refractivity contribution in [1.29, 1.82) is 0 Å². The molecule has 1 aromatic heterocycles. The zero-order valence-electron chi connectivity index (χ0n) is 13.2. The fourth-order valence-corrected chi connectivity index (χ4v) is 2.88. The van der Waals surface area contributed by atoms with Gasteiger partial charge in [0.25, 0.3) is 0 Å². The lowest BCUT2D eigenvalue weighted by Gasteiger charge is -2.32. The van der Waals surface area contributed by atoms with Crippen LogP contribution in [0.1, 0.15) is 30.1 Å². The average molecular weight is 315 g/mol. The second kappa shape index (κ2) is 7.32. The second-order valence-corrected chi connectivity index (χ2v) is 5.92. The molecular formula is C16H21N5O2. The third kappa shape index (κ3) is 4.13. The van der Waals surface area contributed by atoms with Gasteiger partial charge in [-0.25, -0.2) is 4.68 Å². The van der Waals surface area contributed by atoms with Gasteiger partial charge in [0.1, 0.15) is 12.9 Å². The highest BCUT2D eigenvalue weighted by atomic mass is 16.5. The number of aryl methyl sites for hydroxylation is 1. The molecule has 1 N–H and O–H groups in total. The van der Waals surface area contributed by atoms with Crippen LogP contribution in [0.4, 0.5) is 0 Å². The number of nitrogens with zero attached hydrogens (tertiary/aromatic N) is 4. The van der Waals surface area contributed by atoms with Gasteiger partial charge in [-0.05, 0) is 35.8 Å². The fraction of sp³-hybridized carbons (Fsp3) is 0.500. The minimum atomic E-state index is -0.0921. The van der Waals surface area contributed by atoms with Crippen molar-refractivity contribution >= 4 is 5.91 Å². The number of carbonyl (C=O) groups is 1. The van der Waals surface area contributed by atoms with E-state index in [-0.39, 0.29) is 24.5 Å². The number of hydrogen-bond acceptors (Lipinski definition) is 5. The third-order valence-electron chi connectivity index (χ3n) is 4.11. The molecule has 1 aliphatic rings. The first-order valence-electron chi connectivity index (χ1n) is 7.88. The maximum Gasteiger partial charge on any atom is 0.241 e. The lowest BCUT2D eigenvalue weighted by Crippen LogP contribution is -2.36. The van der Waals surface area contributed by atoms with Crippen molar-refractivity contribution in [2.24, 2.45) is 5.92 Å². The van der Waals surface area contributed by atoms with Crippen LogP contribution in [-0.4, -0.2) is 39.3 Å². The molecule has 3 rings (SSSR count). The number of benzene rings is 1. The summed E-state index contributed by atoms with van der Waals surface area (Å²) in [4.78, 5) is 12.0. The van der Waals surface area contributed by atoms with Crippen molar-refractivity contribution in [1.82, 2.24) is 25.5 Å². The van der Waals surface area contributed by atoms with Crippen molar-refractivity contribution in [2.75, 3.05) is 13.2 Å². The minimum Gasteiger partial charge on any atom is -0.373 e. The highest BCUT2D eigenvalue weighted by Crippen LogP contribution is 2.33. The number of hydrogen-bond donors (Lipinski definition) is 1. The van der Waals surface area contributed by atoms with E-state index in [9.17, 15) is 4.79 Å². The van der Waals surface area contributed by atoms with E-state index in [1.165, 1.54) is 22.1 Å². The summed E-state index contributed by atoms with van der Waals surface area (Å²) in [6, 6.07) is 8.42. The molecule has 0 bridgehead atoms. The van der Waals surface area contributed by atoms with Gasteiger partial charge in [-0.3, -0.25) is 4.79 Å². The predicted molar refractivity (Wildman–Crippen MR) is 83.4 cm³/mol. The molecule has 122 valence electrons. The number of tetrazole rings is 1. The lowest BCUT2D eigenvalue weighted by atomic mass is 9.89. The summed E-state index contributed by atoms with van der Waals surface area (Å²) in [6.45, 7) is 3.57. The number of ether oxygens (including phenoxy) is 1. The molecule has 0 saturated carbocycles. The summed E-state index contributed by atoms with van der Waals surface area (Å²) in [7, 11) is 0. The van der Waals surface area contributed by atoms with E-state index >= 15 is 0 Å². The highest BCUT2D eigenvalue weighted by Gasteiger charge is 2.27. The molecule has 2 heterocycles. The molecule has 7 nitrogen and oxygen atoms in total. The van der Waals surface area contributed by atoms with E-state index in [1.807, 2.05) is 0 Å². The Kier molecular flexibility index (Phi) is 4.97. The Morgan fingerprint density at radius 3 is 2.96 bits per heavy atom. The Bertz CT molecular complexity index is 626. The number of nitrogens with one attached hydrogen (secondary N) is 1. The summed E-state index contributed by atoms with van der Waals surface area (Å²) in [5, 5.41) is 13.7. The predicted octanol–water partition coefficient (Wildman–Crippen LogP) is 1.27. The van der Waals surface area contributed by atoms with Crippen molar-refractivity contribution in [3.63, 3.8) is 0 Å². The van der Waals surface area contributed by atoms with Crippen LogP contribution in [0.2, 0.25) is 0 Å². The Morgan fingerprint density at radius 2 is 2.22 bits per heavy atom. The standard InChI is InChI=1S/C16H21N5O2/c1-12-4-6-13(7-5-12)16-14(3-2-8-23-16)9-17-15(22)10-21-11-18-19-20-21/h4-7,11,14,16H,2-3,8-10H2,1H3,(H,17,22)/t14-,16+/m0/s1. The Labute approximate surface area is 135 Å². The minimum absolute atomic E-state index is 0.0395. The summed E-state index contributed by atoms with van der Waals surface area (Å²) in [6.07, 6.45) is 3.54. The normalized spacial score (nSPS) is 21.1. The third-order valence-corrected chi connectivity index (χ3v) is 4.11. The second-order valence-electron chi connectivity index (χ2n) is 5.92. The number of aromatic nitrogens is 4. The van der Waals surface area contributed by atoms with Gasteiger partial charge in [0.05, 0.1) is 6.10 Å². The Balaban J connectivity index is 1.58. The van der Waals surface area contributed by atoms with Crippen LogP contribution < -0.4 is 5.32 Å². The van der Waals surface area contributed by atoms with Gasteiger partial charge in [-0.1, -0.05) is 29.8 Å². The molecule has 1 aliphatic heterocycles. The van der Waals surface area contributed by atoms with Crippen molar-refractivity contribution in [3.8, 4) is 0 Å². The molecule has 1 amide bonds. The van der Waals surface area contributed by atoms with Gasteiger partial charge >= 0.3 is 0 Å². The molecular weight excluding hydrogens is 294 g/mol. The average Bonchev–Trinajstić information content (AvgIpc) is 3.07. The van der Waals surface area contributed by atoms with Gasteiger partial charge in [-0.2, -0.15) is 0 Å². The highest BCUT2D eigenvalue weighted by molar-refractivity contribution is 5.75. The summed E-state index contributed by atoms with van der Waals surface area (Å²) in [5.41, 5.74) is 2.41. The fourth-order valence-electron chi connectivity index (χ4n) is 2.88. The van der Waals surface area contributed by atoms with Crippen LogP contribution in [0.3, 0.4) is 0 Å². The summed E-state index contributed by atoms with van der Waals surface area (Å²) >= 11 is 0. The number of rotatable bonds is 5. The zero-order chi connectivity index (χ0) is 16.1. The molecule has 1 fully saturated rings. The van der Waals surface area contributed by atoms with Crippen LogP contribution in [-0.2, 0) is 16.1 Å². The van der Waals surface area contributed by atoms with E-state index in [1.54, 1.807) is 0 Å². The summed E-state index contributed by atoms with van der Waals surface area (Å²) in [5.74, 6) is 0.190. The van der Waals surface area contributed by atoms with Crippen molar-refractivity contribution in [3.05, 3.63) is 41.7 Å². The molecule has 0 spiro atoms. The van der Waals surface area contributed by atoms with Gasteiger partial charge in [-0.15, -0.1) is 5.10 Å². The molecule has 2 atom stereocenters. The van der Waals surface area contributed by atoms with Gasteiger partial charge in [0.2, 0.25) is 5.91 Å². The number of carbonyl (C=O) groups excluding carboxylic acids is 1. The lowest BCUT2D eigenvalue weighted by molar-refractivity contribution is -0.122. The molecule has 1 saturated heterocycles. The topological polar surface area (TPSA) is 81.9 Å². The first-order valence-corrected chi connectivity index (χ1v) is 7.88. The maximum atomic E-state index is 12.0. The largest absolute Gasteiger partial charge is 0.373 e. The first kappa shape index (κ1) is 15.6. The Hall–Kier alpha value is -2.28. The van der Waals surface area contributed by atoms with Crippen LogP contribution >= 0.6 is 0 Å². The smallest absolute Gasteiger partial charge is 0.241 e. The van der Waals surface area contributed by atoms with Crippen LogP contribution in [0, 0.1) is 12.8 Å². The van der Waals surface area contributed by atoms with Gasteiger partial charge < -0.3 is 10.1 Å². The maximum absolute atomic E-state index is 12.0. The van der Waals surface area contributed by atoms with Crippen LogP contribution in [0.25, 0.3) is 0 Å². The van der Waals surface area contributed by atoms with Gasteiger partial charge in [0.15, 0.2) is 0 Å². The van der Waals surface area contributed by atoms with E-state index in [2.05, 4.69) is 52.0 Å². The van der Waals surface area contributed by atoms with E-state index in [0.717, 1.165) is 19.4 Å². The van der Waals surface area contributed by atoms with Gasteiger partial charge in [0, 0.05) is 19.1 Å². The van der Waals surface area contributed by atoms with Crippen LogP contribution in [0.5, 0.6) is 0 Å². The number of amides is 1. The molecule has 0 radical (unpaired) electrons. The van der Waals surface area contributed by atoms with E-state index < -0.39 is 0 Å². The van der Waals surface area contributed by atoms with E-state index in [0.29, 0.717) is 6.54 Å².